The van der Waals surface area contributed by atoms with Gasteiger partial charge in [0, 0.05) is 11.3 Å². The van der Waals surface area contributed by atoms with Crippen LogP contribution in [0.1, 0.15) is 99.8 Å². The predicted octanol–water partition coefficient (Wildman–Crippen LogP) is 6.46. The van der Waals surface area contributed by atoms with Gasteiger partial charge < -0.3 is 4.74 Å². The van der Waals surface area contributed by atoms with Crippen LogP contribution in [0.5, 0.6) is 0 Å². The van der Waals surface area contributed by atoms with Gasteiger partial charge in [0.15, 0.2) is 11.6 Å². The summed E-state index contributed by atoms with van der Waals surface area (Å²) in [7, 11) is 1.49. The number of nitriles is 1. The summed E-state index contributed by atoms with van der Waals surface area (Å²) in [4.78, 5) is 41.0. The molecule has 5 nitrogen and oxygen atoms in total. The third-order valence-electron chi connectivity index (χ3n) is 12.9. The molecule has 0 aromatic heterocycles. The lowest BCUT2D eigenvalue weighted by Gasteiger charge is -2.69. The van der Waals surface area contributed by atoms with Crippen LogP contribution in [0.25, 0.3) is 0 Å². The summed E-state index contributed by atoms with van der Waals surface area (Å²) < 4.78 is 5.41. The first-order valence-corrected chi connectivity index (χ1v) is 14.3. The second kappa shape index (κ2) is 7.80. The number of fused-ring (bicyclic) bond motifs is 7. The van der Waals surface area contributed by atoms with Crippen molar-refractivity contribution in [3.05, 3.63) is 11.6 Å². The van der Waals surface area contributed by atoms with Crippen LogP contribution in [0.2, 0.25) is 0 Å². The van der Waals surface area contributed by atoms with E-state index in [-0.39, 0.29) is 56.9 Å². The predicted molar refractivity (Wildman–Crippen MR) is 141 cm³/mol. The first kappa shape index (κ1) is 26.6. The third kappa shape index (κ3) is 3.17. The Balaban J connectivity index is 1.67. The van der Waals surface area contributed by atoms with Crippen LogP contribution in [0.15, 0.2) is 11.6 Å². The van der Waals surface area contributed by atoms with Crippen molar-refractivity contribution < 1.29 is 19.1 Å². The Bertz CT molecular complexity index is 1140. The smallest absolute Gasteiger partial charge is 0.312 e. The van der Waals surface area contributed by atoms with Gasteiger partial charge in [0.2, 0.25) is 0 Å². The number of rotatable bonds is 1. The Labute approximate surface area is 222 Å². The molecule has 4 saturated carbocycles. The molecule has 0 aromatic carbocycles. The molecule has 5 aliphatic rings. The Hall–Kier alpha value is -1.96. The second-order valence-corrected chi connectivity index (χ2v) is 15.3. The van der Waals surface area contributed by atoms with Gasteiger partial charge in [-0.25, -0.2) is 0 Å². The summed E-state index contributed by atoms with van der Waals surface area (Å²) in [5, 5.41) is 9.93. The van der Waals surface area contributed by atoms with Crippen molar-refractivity contribution in [3.8, 4) is 6.07 Å². The van der Waals surface area contributed by atoms with Crippen LogP contribution < -0.4 is 0 Å². The van der Waals surface area contributed by atoms with Gasteiger partial charge in [-0.05, 0) is 90.9 Å². The number of hydrogen-bond acceptors (Lipinski definition) is 5. The zero-order chi connectivity index (χ0) is 27.4. The molecule has 0 aliphatic heterocycles. The van der Waals surface area contributed by atoms with E-state index < -0.39 is 16.7 Å². The van der Waals surface area contributed by atoms with E-state index in [0.717, 1.165) is 44.9 Å². The SMILES string of the molecule is COC(=O)[C@]12CCC(C)(C)C[C@H]1[C@H]1C(=O)C=C3[C@@]4(C)CC(C#N)C(=O)C(C)(C)[C@@H]4CC[C@@]3(C)[C@]1(C)CC2. The Kier molecular flexibility index (Phi) is 5.61. The molecule has 0 heterocycles. The lowest BCUT2D eigenvalue weighted by molar-refractivity contribution is -0.193. The summed E-state index contributed by atoms with van der Waals surface area (Å²) >= 11 is 0. The van der Waals surface area contributed by atoms with E-state index in [2.05, 4.69) is 40.7 Å². The molecule has 0 radical (unpaired) electrons. The highest BCUT2D eigenvalue weighted by atomic mass is 16.5. The topological polar surface area (TPSA) is 84.2 Å². The van der Waals surface area contributed by atoms with Gasteiger partial charge >= 0.3 is 5.97 Å². The van der Waals surface area contributed by atoms with Crippen LogP contribution in [0, 0.1) is 67.5 Å². The monoisotopic (exact) mass is 507 g/mol. The highest BCUT2D eigenvalue weighted by Crippen LogP contribution is 2.75. The summed E-state index contributed by atoms with van der Waals surface area (Å²) in [5.41, 5.74) is -0.835. The van der Waals surface area contributed by atoms with Crippen LogP contribution in [0.4, 0.5) is 0 Å². The third-order valence-corrected chi connectivity index (χ3v) is 12.9. The van der Waals surface area contributed by atoms with Crippen LogP contribution in [0.3, 0.4) is 0 Å². The number of allylic oxidation sites excluding steroid dienone is 2. The van der Waals surface area contributed by atoms with E-state index in [1.165, 1.54) is 12.7 Å². The first-order chi connectivity index (χ1) is 17.0. The van der Waals surface area contributed by atoms with E-state index in [4.69, 9.17) is 4.74 Å². The normalized spacial score (nSPS) is 47.8. The van der Waals surface area contributed by atoms with E-state index in [1.807, 2.05) is 19.9 Å². The van der Waals surface area contributed by atoms with Crippen molar-refractivity contribution in [2.24, 2.45) is 56.2 Å². The average Bonchev–Trinajstić information content (AvgIpc) is 2.82. The average molecular weight is 508 g/mol. The summed E-state index contributed by atoms with van der Waals surface area (Å²) in [5.74, 6) is -0.727. The number of ether oxygens (including phenoxy) is 1. The number of carbonyl (C=O) groups is 3. The fraction of sp³-hybridized carbons (Fsp3) is 0.812. The Morgan fingerprint density at radius 1 is 0.973 bits per heavy atom. The molecule has 5 heteroatoms. The largest absolute Gasteiger partial charge is 0.469 e. The Morgan fingerprint density at radius 2 is 1.62 bits per heavy atom. The van der Waals surface area contributed by atoms with Gasteiger partial charge in [-0.1, -0.05) is 54.0 Å². The first-order valence-electron chi connectivity index (χ1n) is 14.3. The van der Waals surface area contributed by atoms with E-state index in [1.54, 1.807) is 0 Å². The van der Waals surface area contributed by atoms with Crippen LogP contribution in [-0.2, 0) is 19.1 Å². The quantitative estimate of drug-likeness (QED) is 0.380. The molecule has 0 spiro atoms. The minimum absolute atomic E-state index is 0.0358. The maximum atomic E-state index is 14.4. The highest BCUT2D eigenvalue weighted by Gasteiger charge is 2.71. The molecule has 5 rings (SSSR count). The summed E-state index contributed by atoms with van der Waals surface area (Å²) in [6.45, 7) is 15.4. The minimum Gasteiger partial charge on any atom is -0.469 e. The van der Waals surface area contributed by atoms with Gasteiger partial charge in [-0.15, -0.1) is 0 Å². The molecule has 4 fully saturated rings. The van der Waals surface area contributed by atoms with Crippen LogP contribution in [-0.4, -0.2) is 24.6 Å². The van der Waals surface area contributed by atoms with Crippen LogP contribution >= 0.6 is 0 Å². The number of methoxy groups -OCH3 is 1. The molecule has 37 heavy (non-hydrogen) atoms. The van der Waals surface area contributed by atoms with Crippen molar-refractivity contribution in [1.82, 2.24) is 0 Å². The molecule has 0 amide bonds. The summed E-state index contributed by atoms with van der Waals surface area (Å²) in [6, 6.07) is 2.31. The number of Topliss-reactive ketones (excluding diaryl/α,β-unsaturated/α-hetero) is 1. The number of hydrogen-bond donors (Lipinski definition) is 0. The molecule has 0 saturated heterocycles. The standard InChI is InChI=1S/C32H45NO4/c1-27(2)11-13-32(26(36)37-8)14-12-31(7)24(20(32)17-27)21(34)15-23-29(5)16-19(18-33)25(35)28(3,4)22(29)9-10-30(23,31)6/h15,19-20,22,24H,9-14,16-17H2,1-8H3/t19?,20-,22-,24-,29-,30+,31+,32-/m0/s1. The van der Waals surface area contributed by atoms with E-state index in [9.17, 15) is 19.6 Å². The molecule has 0 bridgehead atoms. The van der Waals surface area contributed by atoms with Crippen molar-refractivity contribution in [2.45, 2.75) is 99.8 Å². The minimum atomic E-state index is -0.641. The maximum absolute atomic E-state index is 14.4. The van der Waals surface area contributed by atoms with Crippen molar-refractivity contribution >= 4 is 17.5 Å². The molecule has 1 unspecified atom stereocenters. The van der Waals surface area contributed by atoms with Gasteiger partial charge in [0.1, 0.15) is 5.92 Å². The molecule has 5 aliphatic carbocycles. The van der Waals surface area contributed by atoms with E-state index in [0.29, 0.717) is 6.42 Å². The zero-order valence-corrected chi connectivity index (χ0v) is 24.1. The van der Waals surface area contributed by atoms with Gasteiger partial charge in [-0.3, -0.25) is 14.4 Å². The van der Waals surface area contributed by atoms with Crippen molar-refractivity contribution in [1.29, 1.82) is 5.26 Å². The Morgan fingerprint density at radius 3 is 2.24 bits per heavy atom. The van der Waals surface area contributed by atoms with Crippen molar-refractivity contribution in [3.63, 3.8) is 0 Å². The zero-order valence-electron chi connectivity index (χ0n) is 24.1. The lowest BCUT2D eigenvalue weighted by atomic mass is 9.33. The number of nitrogens with zero attached hydrogens (tertiary/aromatic N) is 1. The second-order valence-electron chi connectivity index (χ2n) is 15.3. The van der Waals surface area contributed by atoms with Gasteiger partial charge in [0.05, 0.1) is 18.6 Å². The maximum Gasteiger partial charge on any atom is 0.312 e. The lowest BCUT2D eigenvalue weighted by Crippen LogP contribution is -2.66. The molecule has 8 atom stereocenters. The fourth-order valence-electron chi connectivity index (χ4n) is 10.7. The fourth-order valence-corrected chi connectivity index (χ4v) is 10.7. The van der Waals surface area contributed by atoms with E-state index >= 15 is 0 Å². The molecular formula is C32H45NO4. The summed E-state index contributed by atoms with van der Waals surface area (Å²) in [6.07, 6.45) is 8.44. The van der Waals surface area contributed by atoms with Gasteiger partial charge in [-0.2, -0.15) is 5.26 Å². The number of carbonyl (C=O) groups excluding carboxylic acids is 3. The molecular weight excluding hydrogens is 462 g/mol. The highest BCUT2D eigenvalue weighted by molar-refractivity contribution is 5.97. The molecule has 0 N–H and O–H groups in total. The van der Waals surface area contributed by atoms with Crippen molar-refractivity contribution in [2.75, 3.05) is 7.11 Å². The molecule has 202 valence electrons. The number of esters is 1. The van der Waals surface area contributed by atoms with Gasteiger partial charge in [0.25, 0.3) is 0 Å². The molecule has 0 aromatic rings. The number of ketones is 2.